The Bertz CT molecular complexity index is 7840. The summed E-state index contributed by atoms with van der Waals surface area (Å²) < 4.78 is 0. The van der Waals surface area contributed by atoms with E-state index in [-0.39, 0.29) is 44.5 Å². The number of carboxylic acids is 1. The van der Waals surface area contributed by atoms with Gasteiger partial charge in [-0.3, -0.25) is 19.2 Å². The molecule has 10 N–H and O–H groups in total. The van der Waals surface area contributed by atoms with Crippen LogP contribution in [0.2, 0.25) is 10.0 Å². The number of aromatic amines is 2. The molecule has 2 aromatic heterocycles. The first-order chi connectivity index (χ1) is 62.8. The normalized spacial score (nSPS) is 10.4. The van der Waals surface area contributed by atoms with Gasteiger partial charge in [-0.1, -0.05) is 97.2 Å². The van der Waals surface area contributed by atoms with Gasteiger partial charge < -0.3 is 47.0 Å². The number of hydrogen-bond donors (Lipinski definition) is 9. The second kappa shape index (κ2) is 68.7. The molecule has 13 nitrogen and oxygen atoms in total. The van der Waals surface area contributed by atoms with E-state index >= 15 is 0 Å². The number of benzene rings is 4. The number of nitrogens with two attached hydrogens (primary N) is 1. The van der Waals surface area contributed by atoms with Crippen molar-refractivity contribution in [2.45, 2.75) is 64.3 Å². The molecule has 2 aliphatic heterocycles. The van der Waals surface area contributed by atoms with Crippen LogP contribution in [0.25, 0.3) is 44.3 Å². The third kappa shape index (κ3) is 47.2. The molecular formula is C112H50Cl2N6O7S2. The van der Waals surface area contributed by atoms with Crippen LogP contribution >= 0.6 is 23.2 Å². The van der Waals surface area contributed by atoms with Gasteiger partial charge in [0.25, 0.3) is 0 Å². The average molecular weight is 1730 g/mol. The number of fused-ring (bicyclic) bond motifs is 2. The molecule has 0 radical (unpaired) electrons. The Morgan fingerprint density at radius 2 is 0.636 bits per heavy atom. The number of H-pyrrole nitrogens is 2. The van der Waals surface area contributed by atoms with Crippen LogP contribution in [0.1, 0.15) is 38.3 Å². The number of rotatable bonds is 9. The molecule has 2 saturated heterocycles. The van der Waals surface area contributed by atoms with Crippen molar-refractivity contribution in [1.29, 1.82) is 0 Å². The SMILES string of the molecule is C.C#CC#CC#CC#CC#CC#CC#CC#CC#CC#CC#CC#CC#CC#CC#CC#CC#CC#CC#CC#CC#CC#CC#CC#CC#CC#CC#CC#CC#CC#CC#CC#CC#CC#CC.N[C@@H]1C(=O)NC[C@H]1O.O=C(CCc1c(-c2ccccc2)[nH]c2ccc(Cl)cc12)N[C@@H]1C(=O)NC[C@H]1O.O=C(O)CCc1c(-c2ccccc2)[nH]c2ccc(Cl)cc12.S=S. The Labute approximate surface area is 772 Å². The van der Waals surface area contributed by atoms with Gasteiger partial charge >= 0.3 is 5.97 Å². The molecule has 4 atom stereocenters. The minimum absolute atomic E-state index is 0. The fourth-order valence-corrected chi connectivity index (χ4v) is 9.18. The molecule has 3 amide bonds. The number of carboxylic acid groups (broad SMARTS) is 1. The number of amides is 3. The van der Waals surface area contributed by atoms with E-state index in [9.17, 15) is 24.3 Å². The van der Waals surface area contributed by atoms with Crippen LogP contribution in [0, 0.1) is 403 Å². The molecule has 2 aliphatic rings. The molecule has 129 heavy (non-hydrogen) atoms. The molecule has 4 heterocycles. The third-order valence-corrected chi connectivity index (χ3v) is 14.4. The van der Waals surface area contributed by atoms with Gasteiger partial charge in [0.2, 0.25) is 17.7 Å². The van der Waals surface area contributed by atoms with Gasteiger partial charge in [0.1, 0.15) is 18.2 Å². The van der Waals surface area contributed by atoms with E-state index in [1.807, 2.05) is 97.1 Å². The summed E-state index contributed by atoms with van der Waals surface area (Å²) in [5, 5.41) is 38.3. The zero-order valence-electron chi connectivity index (χ0n) is 66.5. The van der Waals surface area contributed by atoms with E-state index in [1.165, 1.54) is 0 Å². The minimum Gasteiger partial charge on any atom is -0.481 e. The van der Waals surface area contributed by atoms with Crippen molar-refractivity contribution in [3.8, 4) is 426 Å². The lowest BCUT2D eigenvalue weighted by Crippen LogP contribution is -2.45. The predicted molar refractivity (Wildman–Crippen MR) is 512 cm³/mol. The van der Waals surface area contributed by atoms with E-state index in [0.29, 0.717) is 29.4 Å². The number of aliphatic carboxylic acids is 1. The second-order valence-corrected chi connectivity index (χ2v) is 23.1. The summed E-state index contributed by atoms with van der Waals surface area (Å²) in [4.78, 5) is 52.2. The van der Waals surface area contributed by atoms with E-state index in [0.717, 1.165) is 55.4 Å². The number of halogens is 2. The monoisotopic (exact) mass is 1720 g/mol. The number of aryl methyl sites for hydroxylation is 2. The van der Waals surface area contributed by atoms with Crippen LogP contribution in [0.15, 0.2) is 97.1 Å². The smallest absolute Gasteiger partial charge is 0.303 e. The number of terminal acetylenes is 1. The van der Waals surface area contributed by atoms with Gasteiger partial charge in [-0.25, -0.2) is 0 Å². The van der Waals surface area contributed by atoms with Gasteiger partial charge in [-0.15, -0.1) is 6.42 Å². The van der Waals surface area contributed by atoms with Crippen molar-refractivity contribution < 1.29 is 34.5 Å². The summed E-state index contributed by atoms with van der Waals surface area (Å²) >= 11 is 19.6. The molecule has 0 bridgehead atoms. The number of aliphatic hydroxyl groups excluding tert-OH is 2. The number of carbonyl (C=O) groups excluding carboxylic acids is 3. The van der Waals surface area contributed by atoms with E-state index in [4.69, 9.17) is 45.6 Å². The standard InChI is InChI=1S/C69H4.C21H20ClN3O3.C17H14ClNO2.C4H8N2O2.CH4.S2/c1-3-5-7-9-11-13-15-17-19-21-23-25-27-29-31-33-35-37-39-41-43-45-47-49-51-53-55-57-59-61-63-65-67-69-68-66-64-62-60-58-56-54-52-50-48-46-44-42-40-38-36-34-32-30-28-26-24-22-20-18-16-14-12-10-8-6-4-2;22-13-6-8-16-15(10-13)14(19(24-16)12-4-2-1-3-5-12)7-9-18(27)25-20-17(26)11-23-21(20)28;18-12-6-8-15-14(10-12)13(7-9-16(20)21)17(19-15)11-4-2-1-3-5-11;5-3-2(7)1-6-4(3)8;;1-2/h1H,2H3;1-6,8,10,17,20,24,26H,7,9,11H2,(H,23,28)(H,25,27);1-6,8,10,19H,7,9H2,(H,20,21);2-3,7H,1,5H2,(H,6,8);1H4;/t;17-,20+;;2-,3+;;/m.1.1../s1. The van der Waals surface area contributed by atoms with Gasteiger partial charge in [-0.05, 0) is 173 Å². The summed E-state index contributed by atoms with van der Waals surface area (Å²) in [6, 6.07) is 29.5. The molecule has 4 aromatic carbocycles. The topological polar surface area (TPSA) is 223 Å². The molecular weight excluding hydrogens is 1680 g/mol. The lowest BCUT2D eigenvalue weighted by atomic mass is 10.0. The third-order valence-electron chi connectivity index (χ3n) is 13.9. The molecule has 2 fully saturated rings. The maximum atomic E-state index is 12.4. The van der Waals surface area contributed by atoms with Crippen LogP contribution < -0.4 is 21.7 Å². The number of nitrogens with one attached hydrogen (secondary N) is 5. The number of hydrogen-bond acceptors (Lipinski definition) is 9. The maximum absolute atomic E-state index is 12.4. The van der Waals surface area contributed by atoms with Crippen molar-refractivity contribution in [2.24, 2.45) is 5.73 Å². The van der Waals surface area contributed by atoms with Crippen molar-refractivity contribution >= 4 is 91.1 Å². The first-order valence-electron chi connectivity index (χ1n) is 35.7. The minimum atomic E-state index is -0.900. The molecule has 0 saturated carbocycles. The molecule has 6 aromatic rings. The Kier molecular flexibility index (Phi) is 54.8. The summed E-state index contributed by atoms with van der Waals surface area (Å²) in [5.41, 5.74) is 13.1. The van der Waals surface area contributed by atoms with Crippen LogP contribution in [0.4, 0.5) is 0 Å². The Morgan fingerprint density at radius 3 is 0.853 bits per heavy atom. The number of β-amino-alcohol motifs (C(OH)–C–C–N with tert-alkyl or cyclic N) is 2. The number of aromatic nitrogens is 2. The second-order valence-electron chi connectivity index (χ2n) is 22.2. The van der Waals surface area contributed by atoms with E-state index < -0.39 is 30.3 Å². The maximum Gasteiger partial charge on any atom is 0.303 e. The van der Waals surface area contributed by atoms with Gasteiger partial charge in [0.15, 0.2) is 0 Å². The van der Waals surface area contributed by atoms with Crippen LogP contribution in [-0.2, 0) is 54.4 Å². The lowest BCUT2D eigenvalue weighted by molar-refractivity contribution is -0.137. The molecule has 0 spiro atoms. The van der Waals surface area contributed by atoms with Crippen LogP contribution in [0.3, 0.4) is 0 Å². The van der Waals surface area contributed by atoms with Crippen molar-refractivity contribution in [3.05, 3.63) is 118 Å². The van der Waals surface area contributed by atoms with Gasteiger partial charge in [0, 0.05) is 388 Å². The Balaban J connectivity index is 0.000000566. The van der Waals surface area contributed by atoms with Gasteiger partial charge in [-0.2, -0.15) is 0 Å². The predicted octanol–water partition coefficient (Wildman–Crippen LogP) is 6.09. The van der Waals surface area contributed by atoms with Crippen LogP contribution in [-0.4, -0.2) is 86.4 Å². The highest BCUT2D eigenvalue weighted by molar-refractivity contribution is 8.07. The molecule has 17 heteroatoms. The largest absolute Gasteiger partial charge is 0.481 e. The quantitative estimate of drug-likeness (QED) is 0.0759. The fraction of sp³-hybridized carbons (Fsp3) is 0.107. The Morgan fingerprint density at radius 1 is 0.388 bits per heavy atom. The van der Waals surface area contributed by atoms with Crippen molar-refractivity contribution in [3.63, 3.8) is 0 Å². The average Bonchev–Trinajstić information content (AvgIpc) is 1.64. The molecule has 8 rings (SSSR count). The highest BCUT2D eigenvalue weighted by atomic mass is 35.5. The highest BCUT2D eigenvalue weighted by Crippen LogP contribution is 2.34. The first kappa shape index (κ1) is 103. The fourth-order valence-electron chi connectivity index (χ4n) is 8.84. The summed E-state index contributed by atoms with van der Waals surface area (Å²) in [6.07, 6.45) is 4.59. The molecule has 596 valence electrons. The summed E-state index contributed by atoms with van der Waals surface area (Å²) in [5.74, 6) is 165. The highest BCUT2D eigenvalue weighted by Gasteiger charge is 2.34. The van der Waals surface area contributed by atoms with Crippen molar-refractivity contribution in [1.82, 2.24) is 25.9 Å². The van der Waals surface area contributed by atoms with Crippen LogP contribution in [0.5, 0.6) is 0 Å². The van der Waals surface area contributed by atoms with Crippen molar-refractivity contribution in [2.75, 3.05) is 13.1 Å². The first-order valence-corrected chi connectivity index (χ1v) is 37.8. The number of aliphatic hydroxyl groups is 2. The molecule has 0 aliphatic carbocycles. The Hall–Kier alpha value is -20.2. The van der Waals surface area contributed by atoms with Gasteiger partial charge in [0.05, 0.1) is 6.10 Å². The molecule has 0 unspecified atom stereocenters. The lowest BCUT2D eigenvalue weighted by Gasteiger charge is -2.13. The van der Waals surface area contributed by atoms with E-state index in [2.05, 4.69) is 445 Å². The zero-order valence-corrected chi connectivity index (χ0v) is 69.6. The summed E-state index contributed by atoms with van der Waals surface area (Å²) in [7, 11) is 0. The summed E-state index contributed by atoms with van der Waals surface area (Å²) in [6.45, 7) is 2.13. The zero-order chi connectivity index (χ0) is 92.0. The number of carbonyl (C=O) groups is 4. The van der Waals surface area contributed by atoms with E-state index in [1.54, 1.807) is 6.92 Å².